The standard InChI is InChI=1S/C14H12N/c1-3-11-7-5-9-13(11)14-12(4-2)8-6-10-15-14/h3-10H,1-2H2. The zero-order valence-electron chi connectivity index (χ0n) is 8.48. The van der Waals surface area contributed by atoms with Crippen LogP contribution in [0.3, 0.4) is 0 Å². The monoisotopic (exact) mass is 194 g/mol. The summed E-state index contributed by atoms with van der Waals surface area (Å²) in [5.41, 5.74) is 2.01. The molecule has 2 rings (SSSR count). The Bertz CT molecular complexity index is 367. The van der Waals surface area contributed by atoms with Gasteiger partial charge in [0.05, 0.1) is 5.69 Å². The van der Waals surface area contributed by atoms with Gasteiger partial charge in [-0.3, -0.25) is 4.98 Å². The first-order chi connectivity index (χ1) is 7.36. The molecule has 5 radical (unpaired) electrons. The first-order valence-corrected chi connectivity index (χ1v) is 4.83. The van der Waals surface area contributed by atoms with Gasteiger partial charge in [-0.15, -0.1) is 6.58 Å². The molecule has 73 valence electrons. The summed E-state index contributed by atoms with van der Waals surface area (Å²) in [6.45, 7) is 7.58. The van der Waals surface area contributed by atoms with Crippen molar-refractivity contribution in [3.05, 3.63) is 79.9 Å². The molecular formula is C14H12N. The van der Waals surface area contributed by atoms with Crippen molar-refractivity contribution in [3.63, 3.8) is 0 Å². The lowest BCUT2D eigenvalue weighted by molar-refractivity contribution is 1.08. The average Bonchev–Trinajstić information content (AvgIpc) is 2.76. The number of rotatable bonds is 3. The smallest absolute Gasteiger partial charge is 0.0559 e. The molecular weight excluding hydrogens is 182 g/mol. The normalized spacial score (nSPS) is 17.9. The van der Waals surface area contributed by atoms with E-state index in [9.17, 15) is 0 Å². The maximum absolute atomic E-state index is 4.38. The van der Waals surface area contributed by atoms with Crippen molar-refractivity contribution in [1.82, 2.24) is 4.98 Å². The highest BCUT2D eigenvalue weighted by Gasteiger charge is 2.30. The van der Waals surface area contributed by atoms with Gasteiger partial charge in [-0.1, -0.05) is 24.8 Å². The number of aromatic nitrogens is 1. The van der Waals surface area contributed by atoms with Crippen LogP contribution in [0.5, 0.6) is 0 Å². The Labute approximate surface area is 91.6 Å². The predicted molar refractivity (Wildman–Crippen MR) is 63.0 cm³/mol. The zero-order chi connectivity index (χ0) is 10.7. The van der Waals surface area contributed by atoms with Crippen molar-refractivity contribution >= 4 is 6.08 Å². The van der Waals surface area contributed by atoms with E-state index >= 15 is 0 Å². The molecule has 1 nitrogen and oxygen atoms in total. The van der Waals surface area contributed by atoms with Gasteiger partial charge in [0.1, 0.15) is 0 Å². The van der Waals surface area contributed by atoms with Gasteiger partial charge in [-0.2, -0.15) is 0 Å². The maximum Gasteiger partial charge on any atom is 0.0559 e. The van der Waals surface area contributed by atoms with Crippen LogP contribution in [0.2, 0.25) is 0 Å². The molecule has 1 aliphatic rings. The van der Waals surface area contributed by atoms with Crippen LogP contribution in [-0.4, -0.2) is 4.98 Å². The molecule has 1 fully saturated rings. The molecule has 0 atom stereocenters. The fourth-order valence-corrected chi connectivity index (χ4v) is 1.64. The van der Waals surface area contributed by atoms with Crippen LogP contribution in [0.1, 0.15) is 11.3 Å². The molecule has 0 unspecified atom stereocenters. The minimum atomic E-state index is 0.965. The summed E-state index contributed by atoms with van der Waals surface area (Å²) >= 11 is 0. The van der Waals surface area contributed by atoms with Gasteiger partial charge in [0, 0.05) is 18.0 Å². The van der Waals surface area contributed by atoms with Crippen LogP contribution in [0.4, 0.5) is 0 Å². The van der Waals surface area contributed by atoms with Crippen LogP contribution in [0, 0.1) is 31.1 Å². The molecule has 0 saturated heterocycles. The summed E-state index contributed by atoms with van der Waals surface area (Å²) in [5.74, 6) is 2.22. The van der Waals surface area contributed by atoms with Gasteiger partial charge in [-0.25, -0.2) is 0 Å². The Morgan fingerprint density at radius 3 is 2.73 bits per heavy atom. The van der Waals surface area contributed by atoms with Crippen molar-refractivity contribution in [2.24, 2.45) is 0 Å². The van der Waals surface area contributed by atoms with Gasteiger partial charge >= 0.3 is 0 Å². The lowest BCUT2D eigenvalue weighted by Gasteiger charge is -2.15. The third-order valence-corrected chi connectivity index (χ3v) is 2.38. The van der Waals surface area contributed by atoms with Gasteiger partial charge in [-0.05, 0) is 30.9 Å². The average molecular weight is 194 g/mol. The van der Waals surface area contributed by atoms with Crippen LogP contribution in [0.25, 0.3) is 6.08 Å². The van der Waals surface area contributed by atoms with E-state index in [0.717, 1.165) is 23.1 Å². The summed E-state index contributed by atoms with van der Waals surface area (Å²) in [6.07, 6.45) is 11.5. The third kappa shape index (κ3) is 1.87. The van der Waals surface area contributed by atoms with E-state index in [1.165, 1.54) is 0 Å². The molecule has 0 aromatic carbocycles. The lowest BCUT2D eigenvalue weighted by atomic mass is 9.90. The fraction of sp³-hybridized carbons (Fsp3) is 0. The summed E-state index contributed by atoms with van der Waals surface area (Å²) in [5, 5.41) is 0. The lowest BCUT2D eigenvalue weighted by Crippen LogP contribution is -2.07. The van der Waals surface area contributed by atoms with Crippen molar-refractivity contribution in [3.8, 4) is 0 Å². The Kier molecular flexibility index (Phi) is 3.00. The van der Waals surface area contributed by atoms with Crippen molar-refractivity contribution in [1.29, 1.82) is 0 Å². The molecule has 1 heteroatoms. The van der Waals surface area contributed by atoms with Crippen LogP contribution < -0.4 is 0 Å². The second-order valence-electron chi connectivity index (χ2n) is 3.24. The van der Waals surface area contributed by atoms with E-state index in [1.807, 2.05) is 43.5 Å². The number of hydrogen-bond donors (Lipinski definition) is 0. The van der Waals surface area contributed by atoms with Crippen molar-refractivity contribution in [2.75, 3.05) is 0 Å². The Morgan fingerprint density at radius 2 is 2.00 bits per heavy atom. The van der Waals surface area contributed by atoms with Gasteiger partial charge in [0.15, 0.2) is 0 Å². The number of nitrogens with zero attached hydrogens (tertiary/aromatic N) is 1. The molecule has 0 spiro atoms. The number of pyridine rings is 1. The van der Waals surface area contributed by atoms with Crippen molar-refractivity contribution < 1.29 is 0 Å². The highest BCUT2D eigenvalue weighted by Crippen LogP contribution is 2.39. The molecule has 0 N–H and O–H groups in total. The molecule has 1 aliphatic carbocycles. The molecule has 0 bridgehead atoms. The van der Waals surface area contributed by atoms with E-state index in [1.54, 1.807) is 6.20 Å². The highest BCUT2D eigenvalue weighted by molar-refractivity contribution is 5.64. The predicted octanol–water partition coefficient (Wildman–Crippen LogP) is 3.03. The minimum absolute atomic E-state index is 0.965. The maximum atomic E-state index is 4.38. The largest absolute Gasteiger partial charge is 0.260 e. The fourth-order valence-electron chi connectivity index (χ4n) is 1.64. The molecule has 1 heterocycles. The van der Waals surface area contributed by atoms with E-state index in [2.05, 4.69) is 18.1 Å². The first kappa shape index (κ1) is 10.2. The number of allylic oxidation sites excluding steroid dienone is 1. The van der Waals surface area contributed by atoms with Crippen LogP contribution in [0.15, 0.2) is 37.6 Å². The summed E-state index contributed by atoms with van der Waals surface area (Å²) in [6, 6.07) is 3.92. The zero-order valence-corrected chi connectivity index (χ0v) is 8.48. The topological polar surface area (TPSA) is 12.9 Å². The van der Waals surface area contributed by atoms with Crippen LogP contribution in [-0.2, 0) is 0 Å². The quantitative estimate of drug-likeness (QED) is 0.720. The van der Waals surface area contributed by atoms with Gasteiger partial charge in [0.2, 0.25) is 0 Å². The Hall–Kier alpha value is -1.37. The van der Waals surface area contributed by atoms with E-state index in [0.29, 0.717) is 0 Å². The first-order valence-electron chi connectivity index (χ1n) is 4.83. The molecule has 1 aromatic rings. The molecule has 1 aromatic heterocycles. The molecule has 15 heavy (non-hydrogen) atoms. The minimum Gasteiger partial charge on any atom is -0.260 e. The summed E-state index contributed by atoms with van der Waals surface area (Å²) < 4.78 is 0. The Balaban J connectivity index is 2.35. The number of hydrogen-bond acceptors (Lipinski definition) is 1. The van der Waals surface area contributed by atoms with Crippen molar-refractivity contribution in [2.45, 2.75) is 0 Å². The van der Waals surface area contributed by atoms with E-state index < -0.39 is 0 Å². The highest BCUT2D eigenvalue weighted by atomic mass is 14.7. The third-order valence-electron chi connectivity index (χ3n) is 2.38. The molecule has 0 aliphatic heterocycles. The molecule has 1 saturated carbocycles. The van der Waals surface area contributed by atoms with E-state index in [4.69, 9.17) is 0 Å². The SMILES string of the molecule is C=C[C]1[CH][CH][CH][C]1c1ncccc1C=C. The Morgan fingerprint density at radius 1 is 1.13 bits per heavy atom. The van der Waals surface area contributed by atoms with E-state index in [-0.39, 0.29) is 0 Å². The second-order valence-corrected chi connectivity index (χ2v) is 3.24. The molecule has 0 amide bonds. The summed E-state index contributed by atoms with van der Waals surface area (Å²) in [4.78, 5) is 4.38. The van der Waals surface area contributed by atoms with Gasteiger partial charge in [0.25, 0.3) is 0 Å². The summed E-state index contributed by atoms with van der Waals surface area (Å²) in [7, 11) is 0. The second kappa shape index (κ2) is 4.43. The van der Waals surface area contributed by atoms with Gasteiger partial charge < -0.3 is 0 Å². The van der Waals surface area contributed by atoms with Crippen LogP contribution >= 0.6 is 0 Å².